The first kappa shape index (κ1) is 13.7. The van der Waals surface area contributed by atoms with Gasteiger partial charge in [0.05, 0.1) is 0 Å². The molecule has 1 N–H and O–H groups in total. The number of hydrogen-bond acceptors (Lipinski definition) is 3. The zero-order valence-corrected chi connectivity index (χ0v) is 11.6. The summed E-state index contributed by atoms with van der Waals surface area (Å²) in [5, 5.41) is 5.54. The summed E-state index contributed by atoms with van der Waals surface area (Å²) in [6.45, 7) is 2.07. The van der Waals surface area contributed by atoms with Crippen LogP contribution in [0.3, 0.4) is 0 Å². The fourth-order valence-electron chi connectivity index (χ4n) is 1.80. The molecular weight excluding hydrogens is 254 g/mol. The van der Waals surface area contributed by atoms with Gasteiger partial charge in [0.1, 0.15) is 12.4 Å². The van der Waals surface area contributed by atoms with Crippen molar-refractivity contribution in [1.29, 1.82) is 0 Å². The van der Waals surface area contributed by atoms with E-state index in [1.54, 1.807) is 11.3 Å². The third-order valence-electron chi connectivity index (χ3n) is 2.73. The molecule has 0 saturated carbocycles. The lowest BCUT2D eigenvalue weighted by molar-refractivity contribution is 0.365. The summed E-state index contributed by atoms with van der Waals surface area (Å²) in [5.41, 5.74) is 1.14. The van der Waals surface area contributed by atoms with E-state index in [2.05, 4.69) is 34.8 Å². The summed E-state index contributed by atoms with van der Waals surface area (Å²) in [4.78, 5) is 1.41. The summed E-state index contributed by atoms with van der Waals surface area (Å²) in [7, 11) is 0. The van der Waals surface area contributed by atoms with Crippen molar-refractivity contribution in [3.05, 3.63) is 52.2 Å². The van der Waals surface area contributed by atoms with E-state index >= 15 is 0 Å². The minimum absolute atomic E-state index is 0.312. The second-order valence-electron chi connectivity index (χ2n) is 4.11. The fraction of sp³-hybridized carbons (Fsp3) is 0.250. The molecule has 0 spiro atoms. The van der Waals surface area contributed by atoms with Gasteiger partial charge in [-0.15, -0.1) is 17.8 Å². The summed E-state index contributed by atoms with van der Waals surface area (Å²) in [6, 6.07) is 12.2. The van der Waals surface area contributed by atoms with Gasteiger partial charge in [-0.3, -0.25) is 0 Å². The first-order valence-corrected chi connectivity index (χ1v) is 7.15. The molecule has 0 saturated heterocycles. The minimum Gasteiger partial charge on any atom is -0.481 e. The number of para-hydroxylation sites is 1. The lowest BCUT2D eigenvalue weighted by atomic mass is 10.2. The predicted octanol–water partition coefficient (Wildman–Crippen LogP) is 3.09. The van der Waals surface area contributed by atoms with Crippen LogP contribution in [0.2, 0.25) is 0 Å². The molecule has 0 amide bonds. The molecule has 1 aromatic carbocycles. The molecule has 0 radical (unpaired) electrons. The van der Waals surface area contributed by atoms with Gasteiger partial charge < -0.3 is 10.1 Å². The molecule has 0 fully saturated rings. The van der Waals surface area contributed by atoms with Gasteiger partial charge in [0.2, 0.25) is 0 Å². The van der Waals surface area contributed by atoms with Gasteiger partial charge in [-0.05, 0) is 23.9 Å². The Bertz CT molecular complexity index is 528. The second-order valence-corrected chi connectivity index (χ2v) is 5.14. The van der Waals surface area contributed by atoms with E-state index in [4.69, 9.17) is 11.2 Å². The topological polar surface area (TPSA) is 21.3 Å². The SMILES string of the molecule is C#CCOc1ccccc1CNCCc1cccs1. The average molecular weight is 271 g/mol. The van der Waals surface area contributed by atoms with Crippen LogP contribution < -0.4 is 10.1 Å². The van der Waals surface area contributed by atoms with Crippen LogP contribution in [0.4, 0.5) is 0 Å². The Morgan fingerprint density at radius 2 is 2.11 bits per heavy atom. The van der Waals surface area contributed by atoms with Gasteiger partial charge >= 0.3 is 0 Å². The number of rotatable bonds is 7. The Labute approximate surface area is 118 Å². The van der Waals surface area contributed by atoms with E-state index in [-0.39, 0.29) is 0 Å². The highest BCUT2D eigenvalue weighted by Gasteiger charge is 2.02. The lowest BCUT2D eigenvalue weighted by Crippen LogP contribution is -2.17. The van der Waals surface area contributed by atoms with Gasteiger partial charge in [0.15, 0.2) is 0 Å². The number of thiophene rings is 1. The Balaban J connectivity index is 1.80. The molecule has 19 heavy (non-hydrogen) atoms. The highest BCUT2D eigenvalue weighted by Crippen LogP contribution is 2.17. The molecule has 2 aromatic rings. The van der Waals surface area contributed by atoms with Gasteiger partial charge in [-0.1, -0.05) is 30.2 Å². The van der Waals surface area contributed by atoms with Crippen LogP contribution in [0, 0.1) is 12.3 Å². The molecular formula is C16H17NOS. The maximum atomic E-state index is 5.52. The standard InChI is InChI=1S/C16H17NOS/c1-2-11-18-16-8-4-3-6-14(16)13-17-10-9-15-7-5-12-19-15/h1,3-8,12,17H,9-11,13H2. The number of nitrogens with one attached hydrogen (secondary N) is 1. The van der Waals surface area contributed by atoms with Gasteiger partial charge in [0, 0.05) is 23.5 Å². The van der Waals surface area contributed by atoms with Crippen LogP contribution >= 0.6 is 11.3 Å². The summed E-state index contributed by atoms with van der Waals surface area (Å²) in [6.07, 6.45) is 6.27. The predicted molar refractivity (Wildman–Crippen MR) is 80.5 cm³/mol. The van der Waals surface area contributed by atoms with Crippen LogP contribution in [0.1, 0.15) is 10.4 Å². The van der Waals surface area contributed by atoms with Gasteiger partial charge in [-0.25, -0.2) is 0 Å². The lowest BCUT2D eigenvalue weighted by Gasteiger charge is -2.10. The first-order chi connectivity index (χ1) is 9.40. The number of hydrogen-bond donors (Lipinski definition) is 1. The monoisotopic (exact) mass is 271 g/mol. The van der Waals surface area contributed by atoms with E-state index < -0.39 is 0 Å². The zero-order chi connectivity index (χ0) is 13.3. The Morgan fingerprint density at radius 1 is 1.21 bits per heavy atom. The quantitative estimate of drug-likeness (QED) is 0.617. The molecule has 0 aliphatic heterocycles. The molecule has 3 heteroatoms. The van der Waals surface area contributed by atoms with Crippen molar-refractivity contribution >= 4 is 11.3 Å². The third-order valence-corrected chi connectivity index (χ3v) is 3.66. The molecule has 1 aromatic heterocycles. The molecule has 0 unspecified atom stereocenters. The van der Waals surface area contributed by atoms with E-state index in [9.17, 15) is 0 Å². The Morgan fingerprint density at radius 3 is 2.89 bits per heavy atom. The van der Waals surface area contributed by atoms with Gasteiger partial charge in [-0.2, -0.15) is 0 Å². The highest BCUT2D eigenvalue weighted by atomic mass is 32.1. The van der Waals surface area contributed by atoms with E-state index in [1.807, 2.05) is 18.2 Å². The molecule has 0 atom stereocenters. The first-order valence-electron chi connectivity index (χ1n) is 6.27. The summed E-state index contributed by atoms with van der Waals surface area (Å²) < 4.78 is 5.52. The normalized spacial score (nSPS) is 10.1. The van der Waals surface area contributed by atoms with Crippen LogP contribution in [0.5, 0.6) is 5.75 Å². The number of ether oxygens (including phenoxy) is 1. The molecule has 2 nitrogen and oxygen atoms in total. The van der Waals surface area contributed by atoms with Crippen molar-refractivity contribution in [2.24, 2.45) is 0 Å². The Kier molecular flexibility index (Phi) is 5.49. The van der Waals surface area contributed by atoms with Crippen molar-refractivity contribution in [2.75, 3.05) is 13.2 Å². The number of terminal acetylenes is 1. The van der Waals surface area contributed by atoms with E-state index in [0.717, 1.165) is 30.8 Å². The van der Waals surface area contributed by atoms with Crippen molar-refractivity contribution in [3.8, 4) is 18.1 Å². The number of benzene rings is 1. The molecule has 1 heterocycles. The second kappa shape index (κ2) is 7.63. The molecule has 0 aliphatic carbocycles. The van der Waals surface area contributed by atoms with Crippen molar-refractivity contribution in [2.45, 2.75) is 13.0 Å². The van der Waals surface area contributed by atoms with Crippen LogP contribution in [-0.4, -0.2) is 13.2 Å². The summed E-state index contributed by atoms with van der Waals surface area (Å²) >= 11 is 1.80. The van der Waals surface area contributed by atoms with E-state index in [0.29, 0.717) is 6.61 Å². The maximum Gasteiger partial charge on any atom is 0.148 e. The molecule has 0 aliphatic rings. The van der Waals surface area contributed by atoms with Crippen LogP contribution in [-0.2, 0) is 13.0 Å². The Hall–Kier alpha value is -1.76. The zero-order valence-electron chi connectivity index (χ0n) is 10.8. The maximum absolute atomic E-state index is 5.52. The van der Waals surface area contributed by atoms with Crippen LogP contribution in [0.15, 0.2) is 41.8 Å². The average Bonchev–Trinajstić information content (AvgIpc) is 2.95. The van der Waals surface area contributed by atoms with Crippen molar-refractivity contribution < 1.29 is 4.74 Å². The minimum atomic E-state index is 0.312. The van der Waals surface area contributed by atoms with Crippen molar-refractivity contribution in [1.82, 2.24) is 5.32 Å². The third kappa shape index (κ3) is 4.44. The largest absolute Gasteiger partial charge is 0.481 e. The molecule has 2 rings (SSSR count). The van der Waals surface area contributed by atoms with Gasteiger partial charge in [0.25, 0.3) is 0 Å². The molecule has 0 bridgehead atoms. The smallest absolute Gasteiger partial charge is 0.148 e. The van der Waals surface area contributed by atoms with E-state index in [1.165, 1.54) is 4.88 Å². The highest BCUT2D eigenvalue weighted by molar-refractivity contribution is 7.09. The van der Waals surface area contributed by atoms with Crippen molar-refractivity contribution in [3.63, 3.8) is 0 Å². The molecule has 98 valence electrons. The summed E-state index contributed by atoms with van der Waals surface area (Å²) in [5.74, 6) is 3.35. The fourth-order valence-corrected chi connectivity index (χ4v) is 2.51. The van der Waals surface area contributed by atoms with Crippen LogP contribution in [0.25, 0.3) is 0 Å².